The molecule has 0 aliphatic rings. The Balaban J connectivity index is 2.82. The van der Waals surface area contributed by atoms with Gasteiger partial charge in [0, 0.05) is 5.56 Å². The first kappa shape index (κ1) is 22.5. The zero-order valence-electron chi connectivity index (χ0n) is 18.5. The number of aromatic hydroxyl groups is 1. The molecule has 0 aliphatic heterocycles. The van der Waals surface area contributed by atoms with Gasteiger partial charge < -0.3 is 10.2 Å². The fourth-order valence-electron chi connectivity index (χ4n) is 4.22. The molecule has 0 heterocycles. The average molecular weight is 383 g/mol. The Bertz CT molecular complexity index is 772. The molecule has 0 bridgehead atoms. The van der Waals surface area contributed by atoms with Crippen LogP contribution in [0.25, 0.3) is 11.1 Å². The summed E-state index contributed by atoms with van der Waals surface area (Å²) in [5.41, 5.74) is 6.71. The second kappa shape index (κ2) is 10.1. The molecule has 0 saturated carbocycles. The summed E-state index contributed by atoms with van der Waals surface area (Å²) in [6, 6.07) is 9.88. The molecule has 0 radical (unpaired) electrons. The highest BCUT2D eigenvalue weighted by Crippen LogP contribution is 2.44. The van der Waals surface area contributed by atoms with Gasteiger partial charge in [-0.3, -0.25) is 0 Å². The second-order valence-corrected chi connectivity index (χ2v) is 8.64. The van der Waals surface area contributed by atoms with Gasteiger partial charge in [0.25, 0.3) is 0 Å². The molecule has 0 aromatic heterocycles. The smallest absolute Gasteiger partial charge is 0.123 e. The number of rotatable bonds is 9. The van der Waals surface area contributed by atoms with Gasteiger partial charge in [0.1, 0.15) is 5.75 Å². The van der Waals surface area contributed by atoms with Crippen LogP contribution < -0.4 is 0 Å². The SMILES string of the molecule is CCCCCCc1c(C(C)C)cc(C(C)C)c(C(C)O)c1-c1ccccc1O. The van der Waals surface area contributed by atoms with Gasteiger partial charge in [-0.2, -0.15) is 0 Å². The predicted octanol–water partition coefficient (Wildman–Crippen LogP) is 7.48. The summed E-state index contributed by atoms with van der Waals surface area (Å²) in [4.78, 5) is 0. The molecule has 2 nitrogen and oxygen atoms in total. The van der Waals surface area contributed by atoms with Crippen LogP contribution in [0.5, 0.6) is 5.75 Å². The molecule has 1 unspecified atom stereocenters. The highest BCUT2D eigenvalue weighted by atomic mass is 16.3. The van der Waals surface area contributed by atoms with Gasteiger partial charge >= 0.3 is 0 Å². The minimum atomic E-state index is -0.581. The van der Waals surface area contributed by atoms with Gasteiger partial charge in [-0.05, 0) is 65.5 Å². The number of phenolic OH excluding ortho intramolecular Hbond substituents is 1. The van der Waals surface area contributed by atoms with E-state index in [9.17, 15) is 10.2 Å². The summed E-state index contributed by atoms with van der Waals surface area (Å²) >= 11 is 0. The molecule has 154 valence electrons. The molecule has 0 amide bonds. The van der Waals surface area contributed by atoms with E-state index in [2.05, 4.69) is 40.7 Å². The minimum Gasteiger partial charge on any atom is -0.507 e. The van der Waals surface area contributed by atoms with Gasteiger partial charge in [0.15, 0.2) is 0 Å². The van der Waals surface area contributed by atoms with Crippen LogP contribution in [-0.2, 0) is 6.42 Å². The van der Waals surface area contributed by atoms with Crippen LogP contribution in [0.15, 0.2) is 30.3 Å². The number of hydrogen-bond acceptors (Lipinski definition) is 2. The van der Waals surface area contributed by atoms with E-state index in [1.807, 2.05) is 25.1 Å². The van der Waals surface area contributed by atoms with Gasteiger partial charge in [-0.1, -0.05) is 78.1 Å². The Kier molecular flexibility index (Phi) is 8.12. The highest BCUT2D eigenvalue weighted by molar-refractivity contribution is 5.79. The topological polar surface area (TPSA) is 40.5 Å². The molecule has 2 heteroatoms. The molecule has 1 atom stereocenters. The van der Waals surface area contributed by atoms with Crippen LogP contribution in [0.2, 0.25) is 0 Å². The van der Waals surface area contributed by atoms with Crippen LogP contribution in [0.3, 0.4) is 0 Å². The first-order valence-corrected chi connectivity index (χ1v) is 10.9. The second-order valence-electron chi connectivity index (χ2n) is 8.64. The molecule has 0 saturated heterocycles. The molecule has 28 heavy (non-hydrogen) atoms. The highest BCUT2D eigenvalue weighted by Gasteiger charge is 2.25. The van der Waals surface area contributed by atoms with Crippen LogP contribution in [0, 0.1) is 0 Å². The zero-order valence-corrected chi connectivity index (χ0v) is 18.5. The number of benzene rings is 2. The minimum absolute atomic E-state index is 0.287. The standard InChI is InChI=1S/C26H38O2/c1-7-8-9-10-13-20-22(17(2)3)16-23(18(4)5)25(19(6)27)26(20)21-14-11-12-15-24(21)28/h11-12,14-19,27-28H,7-10,13H2,1-6H3. The molecule has 0 spiro atoms. The summed E-state index contributed by atoms with van der Waals surface area (Å²) in [6.45, 7) is 12.9. The van der Waals surface area contributed by atoms with E-state index in [4.69, 9.17) is 0 Å². The number of aliphatic hydroxyl groups is 1. The summed E-state index contributed by atoms with van der Waals surface area (Å²) in [5, 5.41) is 21.5. The molecular weight excluding hydrogens is 344 g/mol. The molecule has 0 fully saturated rings. The van der Waals surface area contributed by atoms with Gasteiger partial charge in [-0.15, -0.1) is 0 Å². The molecular formula is C26H38O2. The quantitative estimate of drug-likeness (QED) is 0.441. The van der Waals surface area contributed by atoms with Crippen molar-refractivity contribution in [3.8, 4) is 16.9 Å². The lowest BCUT2D eigenvalue weighted by atomic mass is 9.78. The lowest BCUT2D eigenvalue weighted by Gasteiger charge is -2.27. The molecule has 2 aromatic carbocycles. The van der Waals surface area contributed by atoms with Crippen LogP contribution in [0.1, 0.15) is 107 Å². The Labute approximate surface area is 171 Å². The van der Waals surface area contributed by atoms with Gasteiger partial charge in [0.2, 0.25) is 0 Å². The Morgan fingerprint density at radius 3 is 2.04 bits per heavy atom. The maximum atomic E-state index is 10.8. The maximum absolute atomic E-state index is 10.8. The van der Waals surface area contributed by atoms with Crippen molar-refractivity contribution in [2.45, 2.75) is 91.6 Å². The van der Waals surface area contributed by atoms with Crippen molar-refractivity contribution in [2.24, 2.45) is 0 Å². The van der Waals surface area contributed by atoms with Crippen LogP contribution in [0.4, 0.5) is 0 Å². The number of phenols is 1. The van der Waals surface area contributed by atoms with Crippen molar-refractivity contribution in [2.75, 3.05) is 0 Å². The van der Waals surface area contributed by atoms with Gasteiger partial charge in [-0.25, -0.2) is 0 Å². The Hall–Kier alpha value is -1.80. The van der Waals surface area contributed by atoms with Crippen molar-refractivity contribution >= 4 is 0 Å². The van der Waals surface area contributed by atoms with Crippen molar-refractivity contribution in [1.29, 1.82) is 0 Å². The lowest BCUT2D eigenvalue weighted by molar-refractivity contribution is 0.198. The third-order valence-electron chi connectivity index (χ3n) is 5.66. The van der Waals surface area contributed by atoms with Crippen molar-refractivity contribution in [1.82, 2.24) is 0 Å². The van der Waals surface area contributed by atoms with E-state index in [0.29, 0.717) is 11.8 Å². The third kappa shape index (κ3) is 4.97. The van der Waals surface area contributed by atoms with Crippen molar-refractivity contribution in [3.63, 3.8) is 0 Å². The summed E-state index contributed by atoms with van der Waals surface area (Å²) < 4.78 is 0. The van der Waals surface area contributed by atoms with E-state index in [1.54, 1.807) is 6.07 Å². The third-order valence-corrected chi connectivity index (χ3v) is 5.66. The number of para-hydroxylation sites is 1. The van der Waals surface area contributed by atoms with E-state index in [-0.39, 0.29) is 5.75 Å². The molecule has 2 aromatic rings. The lowest BCUT2D eigenvalue weighted by Crippen LogP contribution is -2.11. The normalized spacial score (nSPS) is 12.8. The maximum Gasteiger partial charge on any atom is 0.123 e. The van der Waals surface area contributed by atoms with Crippen LogP contribution in [-0.4, -0.2) is 10.2 Å². The van der Waals surface area contributed by atoms with Crippen molar-refractivity contribution in [3.05, 3.63) is 52.6 Å². The van der Waals surface area contributed by atoms with E-state index >= 15 is 0 Å². The summed E-state index contributed by atoms with van der Waals surface area (Å²) in [7, 11) is 0. The molecule has 2 N–H and O–H groups in total. The fraction of sp³-hybridized carbons (Fsp3) is 0.538. The Morgan fingerprint density at radius 2 is 1.50 bits per heavy atom. The predicted molar refractivity (Wildman–Crippen MR) is 120 cm³/mol. The first-order chi connectivity index (χ1) is 13.3. The number of unbranched alkanes of at least 4 members (excludes halogenated alkanes) is 3. The molecule has 0 aliphatic carbocycles. The number of aliphatic hydroxyl groups excluding tert-OH is 1. The first-order valence-electron chi connectivity index (χ1n) is 10.9. The van der Waals surface area contributed by atoms with Crippen LogP contribution >= 0.6 is 0 Å². The van der Waals surface area contributed by atoms with E-state index < -0.39 is 6.10 Å². The summed E-state index contributed by atoms with van der Waals surface area (Å²) in [5.74, 6) is 0.988. The fourth-order valence-corrected chi connectivity index (χ4v) is 4.22. The zero-order chi connectivity index (χ0) is 20.8. The summed E-state index contributed by atoms with van der Waals surface area (Å²) in [6.07, 6.45) is 5.21. The van der Waals surface area contributed by atoms with E-state index in [1.165, 1.54) is 36.0 Å². The Morgan fingerprint density at radius 1 is 0.857 bits per heavy atom. The van der Waals surface area contributed by atoms with E-state index in [0.717, 1.165) is 29.5 Å². The number of hydrogen-bond donors (Lipinski definition) is 2. The monoisotopic (exact) mass is 382 g/mol. The van der Waals surface area contributed by atoms with Gasteiger partial charge in [0.05, 0.1) is 6.10 Å². The largest absolute Gasteiger partial charge is 0.507 e. The molecule has 2 rings (SSSR count). The average Bonchev–Trinajstić information content (AvgIpc) is 2.64. The van der Waals surface area contributed by atoms with Crippen molar-refractivity contribution < 1.29 is 10.2 Å².